The van der Waals surface area contributed by atoms with E-state index in [-0.39, 0.29) is 0 Å². The number of morpholine rings is 1. The Morgan fingerprint density at radius 2 is 1.73 bits per heavy atom. The lowest BCUT2D eigenvalue weighted by molar-refractivity contribution is 0.00928. The molecule has 2 rings (SSSR count). The first kappa shape index (κ1) is 11.4. The highest BCUT2D eigenvalue weighted by atomic mass is 16.5. The van der Waals surface area contributed by atoms with Crippen molar-refractivity contribution in [3.05, 3.63) is 0 Å². The van der Waals surface area contributed by atoms with Crippen LogP contribution in [0.1, 0.15) is 32.1 Å². The maximum absolute atomic E-state index is 6.00. The number of rotatable bonds is 3. The molecule has 1 aliphatic heterocycles. The minimum absolute atomic E-state index is 0.426. The highest BCUT2D eigenvalue weighted by molar-refractivity contribution is 4.87. The Kier molecular flexibility index (Phi) is 4.00. The van der Waals surface area contributed by atoms with E-state index in [0.29, 0.717) is 5.41 Å². The molecule has 15 heavy (non-hydrogen) atoms. The Labute approximate surface area is 93.0 Å². The Morgan fingerprint density at radius 1 is 1.07 bits per heavy atom. The van der Waals surface area contributed by atoms with Crippen molar-refractivity contribution < 1.29 is 4.74 Å². The lowest BCUT2D eigenvalue weighted by Crippen LogP contribution is -2.47. The summed E-state index contributed by atoms with van der Waals surface area (Å²) >= 11 is 0. The Hall–Kier alpha value is -0.120. The van der Waals surface area contributed by atoms with Crippen molar-refractivity contribution in [2.24, 2.45) is 11.1 Å². The number of hydrogen-bond donors (Lipinski definition) is 1. The molecule has 1 aliphatic carbocycles. The molecule has 1 heterocycles. The van der Waals surface area contributed by atoms with Crippen LogP contribution in [-0.4, -0.2) is 44.3 Å². The van der Waals surface area contributed by atoms with Gasteiger partial charge in [-0.25, -0.2) is 0 Å². The lowest BCUT2D eigenvalue weighted by Gasteiger charge is -2.41. The van der Waals surface area contributed by atoms with Gasteiger partial charge in [-0.15, -0.1) is 0 Å². The standard InChI is InChI=1S/C12H24N2O/c13-10-12(4-2-1-3-5-12)11-14-6-8-15-9-7-14/h1-11,13H2. The van der Waals surface area contributed by atoms with Crippen LogP contribution in [0.4, 0.5) is 0 Å². The van der Waals surface area contributed by atoms with Crippen molar-refractivity contribution in [2.75, 3.05) is 39.4 Å². The first-order valence-corrected chi connectivity index (χ1v) is 6.35. The number of hydrogen-bond acceptors (Lipinski definition) is 3. The van der Waals surface area contributed by atoms with Gasteiger partial charge in [-0.05, 0) is 24.8 Å². The molecule has 0 aromatic rings. The molecule has 3 nitrogen and oxygen atoms in total. The molecule has 0 amide bonds. The van der Waals surface area contributed by atoms with E-state index in [9.17, 15) is 0 Å². The van der Waals surface area contributed by atoms with Gasteiger partial charge in [0.2, 0.25) is 0 Å². The summed E-state index contributed by atoms with van der Waals surface area (Å²) in [5, 5.41) is 0. The summed E-state index contributed by atoms with van der Waals surface area (Å²) in [6, 6.07) is 0. The fraction of sp³-hybridized carbons (Fsp3) is 1.00. The molecule has 2 aliphatic rings. The molecular weight excluding hydrogens is 188 g/mol. The average Bonchev–Trinajstić information content (AvgIpc) is 2.32. The number of ether oxygens (including phenoxy) is 1. The van der Waals surface area contributed by atoms with Gasteiger partial charge in [-0.3, -0.25) is 4.90 Å². The Balaban J connectivity index is 1.87. The monoisotopic (exact) mass is 212 g/mol. The van der Waals surface area contributed by atoms with Crippen LogP contribution >= 0.6 is 0 Å². The van der Waals surface area contributed by atoms with Crippen molar-refractivity contribution in [1.82, 2.24) is 4.90 Å². The van der Waals surface area contributed by atoms with Gasteiger partial charge in [0.15, 0.2) is 0 Å². The Morgan fingerprint density at radius 3 is 2.33 bits per heavy atom. The molecule has 0 bridgehead atoms. The molecule has 1 saturated heterocycles. The van der Waals surface area contributed by atoms with Gasteiger partial charge in [-0.1, -0.05) is 19.3 Å². The molecule has 2 N–H and O–H groups in total. The molecule has 2 fully saturated rings. The van der Waals surface area contributed by atoms with Gasteiger partial charge in [0.25, 0.3) is 0 Å². The van der Waals surface area contributed by atoms with Crippen LogP contribution in [0.3, 0.4) is 0 Å². The maximum atomic E-state index is 6.00. The van der Waals surface area contributed by atoms with Crippen molar-refractivity contribution >= 4 is 0 Å². The molecule has 1 saturated carbocycles. The van der Waals surface area contributed by atoms with E-state index in [4.69, 9.17) is 10.5 Å². The zero-order chi connectivity index (χ0) is 10.6. The van der Waals surface area contributed by atoms with Crippen molar-refractivity contribution in [3.8, 4) is 0 Å². The summed E-state index contributed by atoms with van der Waals surface area (Å²) in [5.41, 5.74) is 6.42. The van der Waals surface area contributed by atoms with Crippen molar-refractivity contribution in [2.45, 2.75) is 32.1 Å². The van der Waals surface area contributed by atoms with Gasteiger partial charge < -0.3 is 10.5 Å². The van der Waals surface area contributed by atoms with E-state index in [2.05, 4.69) is 4.90 Å². The summed E-state index contributed by atoms with van der Waals surface area (Å²) in [7, 11) is 0. The molecule has 3 heteroatoms. The van der Waals surface area contributed by atoms with E-state index in [1.807, 2.05) is 0 Å². The topological polar surface area (TPSA) is 38.5 Å². The molecular formula is C12H24N2O. The predicted molar refractivity (Wildman–Crippen MR) is 61.8 cm³/mol. The average molecular weight is 212 g/mol. The SMILES string of the molecule is NCC1(CN2CCOCC2)CCCCC1. The first-order chi connectivity index (χ1) is 7.35. The normalized spacial score (nSPS) is 27.8. The second-order valence-corrected chi connectivity index (χ2v) is 5.15. The summed E-state index contributed by atoms with van der Waals surface area (Å²) < 4.78 is 5.38. The fourth-order valence-electron chi connectivity index (χ4n) is 2.96. The second-order valence-electron chi connectivity index (χ2n) is 5.15. The summed E-state index contributed by atoms with van der Waals surface area (Å²) in [5.74, 6) is 0. The first-order valence-electron chi connectivity index (χ1n) is 6.35. The van der Waals surface area contributed by atoms with Gasteiger partial charge in [0, 0.05) is 19.6 Å². The molecule has 0 unspecified atom stereocenters. The van der Waals surface area contributed by atoms with Crippen LogP contribution in [0, 0.1) is 5.41 Å². The zero-order valence-electron chi connectivity index (χ0n) is 9.71. The van der Waals surface area contributed by atoms with Crippen LogP contribution in [0.25, 0.3) is 0 Å². The zero-order valence-corrected chi connectivity index (χ0v) is 9.71. The predicted octanol–water partition coefficient (Wildman–Crippen LogP) is 1.23. The van der Waals surface area contributed by atoms with E-state index in [1.165, 1.54) is 38.6 Å². The highest BCUT2D eigenvalue weighted by Crippen LogP contribution is 2.36. The van der Waals surface area contributed by atoms with Gasteiger partial charge in [0.05, 0.1) is 13.2 Å². The molecule has 0 aromatic carbocycles. The van der Waals surface area contributed by atoms with Crippen LogP contribution in [0.5, 0.6) is 0 Å². The number of nitrogens with two attached hydrogens (primary N) is 1. The third-order valence-corrected chi connectivity index (χ3v) is 4.01. The third kappa shape index (κ3) is 2.92. The molecule has 0 spiro atoms. The molecule has 0 radical (unpaired) electrons. The van der Waals surface area contributed by atoms with Crippen LogP contribution in [-0.2, 0) is 4.74 Å². The van der Waals surface area contributed by atoms with Gasteiger partial charge >= 0.3 is 0 Å². The van der Waals surface area contributed by atoms with Crippen LogP contribution in [0.15, 0.2) is 0 Å². The minimum Gasteiger partial charge on any atom is -0.379 e. The summed E-state index contributed by atoms with van der Waals surface area (Å²) in [4.78, 5) is 2.54. The van der Waals surface area contributed by atoms with E-state index in [0.717, 1.165) is 32.8 Å². The number of nitrogens with zero attached hydrogens (tertiary/aromatic N) is 1. The third-order valence-electron chi connectivity index (χ3n) is 4.01. The molecule has 0 aromatic heterocycles. The van der Waals surface area contributed by atoms with Crippen LogP contribution in [0.2, 0.25) is 0 Å². The fourth-order valence-corrected chi connectivity index (χ4v) is 2.96. The van der Waals surface area contributed by atoms with Crippen molar-refractivity contribution in [3.63, 3.8) is 0 Å². The van der Waals surface area contributed by atoms with Gasteiger partial charge in [-0.2, -0.15) is 0 Å². The van der Waals surface area contributed by atoms with Gasteiger partial charge in [0.1, 0.15) is 0 Å². The van der Waals surface area contributed by atoms with Crippen LogP contribution < -0.4 is 5.73 Å². The summed E-state index contributed by atoms with van der Waals surface area (Å²) in [6.45, 7) is 6.07. The largest absolute Gasteiger partial charge is 0.379 e. The van der Waals surface area contributed by atoms with E-state index in [1.54, 1.807) is 0 Å². The highest BCUT2D eigenvalue weighted by Gasteiger charge is 2.32. The molecule has 0 atom stereocenters. The quantitative estimate of drug-likeness (QED) is 0.764. The lowest BCUT2D eigenvalue weighted by atomic mass is 9.73. The summed E-state index contributed by atoms with van der Waals surface area (Å²) in [6.07, 6.45) is 6.83. The second kappa shape index (κ2) is 5.28. The van der Waals surface area contributed by atoms with Crippen molar-refractivity contribution in [1.29, 1.82) is 0 Å². The van der Waals surface area contributed by atoms with E-state index >= 15 is 0 Å². The smallest absolute Gasteiger partial charge is 0.0594 e. The van der Waals surface area contributed by atoms with E-state index < -0.39 is 0 Å². The minimum atomic E-state index is 0.426. The Bertz CT molecular complexity index is 184. The molecule has 88 valence electrons. The maximum Gasteiger partial charge on any atom is 0.0594 e.